The first-order valence-electron chi connectivity index (χ1n) is 5.96. The smallest absolute Gasteiger partial charge is 0.181 e. The van der Waals surface area contributed by atoms with Crippen LogP contribution in [0.5, 0.6) is 0 Å². The van der Waals surface area contributed by atoms with Gasteiger partial charge in [-0.15, -0.1) is 0 Å². The van der Waals surface area contributed by atoms with Crippen LogP contribution in [-0.2, 0) is 0 Å². The second-order valence-electron chi connectivity index (χ2n) is 4.30. The van der Waals surface area contributed by atoms with E-state index in [9.17, 15) is 0 Å². The van der Waals surface area contributed by atoms with Gasteiger partial charge in [0.15, 0.2) is 4.77 Å². The molecule has 0 bridgehead atoms. The molecule has 3 aromatic rings. The largest absolute Gasteiger partial charge is 0.399 e. The Labute approximate surface area is 116 Å². The highest BCUT2D eigenvalue weighted by molar-refractivity contribution is 7.71. The Morgan fingerprint density at radius 1 is 0.895 bits per heavy atom. The van der Waals surface area contributed by atoms with E-state index in [4.69, 9.17) is 18.0 Å². The molecule has 94 valence electrons. The Morgan fingerprint density at radius 3 is 2.00 bits per heavy atom. The summed E-state index contributed by atoms with van der Waals surface area (Å²) in [6.07, 6.45) is 3.75. The zero-order valence-corrected chi connectivity index (χ0v) is 11.0. The molecule has 0 spiro atoms. The first kappa shape index (κ1) is 11.7. The summed E-state index contributed by atoms with van der Waals surface area (Å²) in [7, 11) is 0. The fourth-order valence-corrected chi connectivity index (χ4v) is 2.25. The number of nitrogens with two attached hydrogens (primary N) is 1. The van der Waals surface area contributed by atoms with Crippen molar-refractivity contribution < 1.29 is 0 Å². The van der Waals surface area contributed by atoms with Crippen molar-refractivity contribution >= 4 is 17.9 Å². The predicted molar refractivity (Wildman–Crippen MR) is 80.8 cm³/mol. The zero-order valence-electron chi connectivity index (χ0n) is 10.2. The topological polar surface area (TPSA) is 46.7 Å². The van der Waals surface area contributed by atoms with Gasteiger partial charge in [-0.05, 0) is 47.6 Å². The average molecular weight is 267 g/mol. The molecule has 0 saturated heterocycles. The van der Waals surface area contributed by atoms with Crippen LogP contribution in [0.15, 0.2) is 60.9 Å². The van der Waals surface area contributed by atoms with Crippen molar-refractivity contribution in [3.8, 4) is 16.8 Å². The van der Waals surface area contributed by atoms with Crippen molar-refractivity contribution in [2.75, 3.05) is 5.73 Å². The van der Waals surface area contributed by atoms with Crippen LogP contribution >= 0.6 is 12.2 Å². The second kappa shape index (κ2) is 4.74. The van der Waals surface area contributed by atoms with Gasteiger partial charge in [0.25, 0.3) is 0 Å². The molecule has 0 unspecified atom stereocenters. The van der Waals surface area contributed by atoms with E-state index in [1.165, 1.54) is 0 Å². The van der Waals surface area contributed by atoms with Crippen LogP contribution in [-0.4, -0.2) is 9.55 Å². The van der Waals surface area contributed by atoms with Crippen molar-refractivity contribution in [2.45, 2.75) is 0 Å². The molecule has 0 saturated carbocycles. The molecule has 3 N–H and O–H groups in total. The minimum atomic E-state index is 0.695. The number of nitrogens with one attached hydrogen (secondary N) is 1. The van der Waals surface area contributed by atoms with E-state index >= 15 is 0 Å². The van der Waals surface area contributed by atoms with Gasteiger partial charge in [0.1, 0.15) is 0 Å². The van der Waals surface area contributed by atoms with Crippen LogP contribution in [0.1, 0.15) is 0 Å². The molecule has 1 aromatic heterocycles. The highest BCUT2D eigenvalue weighted by atomic mass is 32.1. The fraction of sp³-hybridized carbons (Fsp3) is 0. The summed E-state index contributed by atoms with van der Waals surface area (Å²) in [6, 6.07) is 16.1. The summed E-state index contributed by atoms with van der Waals surface area (Å²) in [4.78, 5) is 2.98. The average Bonchev–Trinajstić information content (AvgIpc) is 2.86. The molecule has 0 radical (unpaired) electrons. The van der Waals surface area contributed by atoms with Gasteiger partial charge in [0, 0.05) is 23.8 Å². The molecule has 3 rings (SSSR count). The maximum absolute atomic E-state index is 5.69. The lowest BCUT2D eigenvalue weighted by Crippen LogP contribution is -1.91. The SMILES string of the molecule is Nc1ccc(-c2ccc(-n3cc[nH]c3=S)cc2)cc1. The molecular weight excluding hydrogens is 254 g/mol. The molecule has 4 heteroatoms. The van der Waals surface area contributed by atoms with Crippen LogP contribution in [0.25, 0.3) is 16.8 Å². The van der Waals surface area contributed by atoms with Crippen molar-refractivity contribution in [1.29, 1.82) is 0 Å². The first-order valence-corrected chi connectivity index (χ1v) is 6.37. The number of nitrogens with zero attached hydrogens (tertiary/aromatic N) is 1. The number of benzene rings is 2. The summed E-state index contributed by atoms with van der Waals surface area (Å²) >= 11 is 5.20. The normalized spacial score (nSPS) is 10.5. The van der Waals surface area contributed by atoms with Crippen molar-refractivity contribution in [3.05, 3.63) is 65.7 Å². The minimum Gasteiger partial charge on any atom is -0.399 e. The van der Waals surface area contributed by atoms with Crippen LogP contribution in [0.4, 0.5) is 5.69 Å². The first-order chi connectivity index (χ1) is 9.24. The lowest BCUT2D eigenvalue weighted by molar-refractivity contribution is 1.03. The number of H-pyrrole nitrogens is 1. The van der Waals surface area contributed by atoms with Crippen molar-refractivity contribution in [3.63, 3.8) is 0 Å². The monoisotopic (exact) mass is 267 g/mol. The molecule has 0 aliphatic carbocycles. The summed E-state index contributed by atoms with van der Waals surface area (Å²) < 4.78 is 2.63. The van der Waals surface area contributed by atoms with E-state index in [0.29, 0.717) is 4.77 Å². The van der Waals surface area contributed by atoms with E-state index in [0.717, 1.165) is 22.5 Å². The molecule has 3 nitrogen and oxygen atoms in total. The third-order valence-corrected chi connectivity index (χ3v) is 3.35. The third-order valence-electron chi connectivity index (χ3n) is 3.04. The molecule has 2 aromatic carbocycles. The Kier molecular flexibility index (Phi) is 2.93. The third kappa shape index (κ3) is 2.30. The molecule has 0 fully saturated rings. The quantitative estimate of drug-likeness (QED) is 0.548. The number of hydrogen-bond donors (Lipinski definition) is 2. The molecule has 1 heterocycles. The summed E-state index contributed by atoms with van der Waals surface area (Å²) in [5.41, 5.74) is 9.82. The number of anilines is 1. The van der Waals surface area contributed by atoms with Crippen LogP contribution in [0, 0.1) is 4.77 Å². The van der Waals surface area contributed by atoms with Crippen LogP contribution in [0.3, 0.4) is 0 Å². The maximum atomic E-state index is 5.69. The van der Waals surface area contributed by atoms with Gasteiger partial charge in [0.05, 0.1) is 0 Å². The number of rotatable bonds is 2. The van der Waals surface area contributed by atoms with Crippen LogP contribution in [0.2, 0.25) is 0 Å². The van der Waals surface area contributed by atoms with Gasteiger partial charge < -0.3 is 10.7 Å². The standard InChI is InChI=1S/C15H13N3S/c16-13-5-1-11(2-6-13)12-3-7-14(8-4-12)18-10-9-17-15(18)19/h1-10H,16H2,(H,17,19). The highest BCUT2D eigenvalue weighted by Gasteiger charge is 2.00. The number of aromatic nitrogens is 2. The van der Waals surface area contributed by atoms with Gasteiger partial charge in [-0.2, -0.15) is 0 Å². The highest BCUT2D eigenvalue weighted by Crippen LogP contribution is 2.22. The summed E-state index contributed by atoms with van der Waals surface area (Å²) in [6.45, 7) is 0. The van der Waals surface area contributed by atoms with Crippen molar-refractivity contribution in [1.82, 2.24) is 9.55 Å². The lowest BCUT2D eigenvalue weighted by Gasteiger charge is -2.05. The Hall–Kier alpha value is -2.33. The molecule has 0 atom stereocenters. The molecule has 0 aliphatic rings. The van der Waals surface area contributed by atoms with Gasteiger partial charge in [-0.1, -0.05) is 24.3 Å². The predicted octanol–water partition coefficient (Wildman–Crippen LogP) is 3.78. The Morgan fingerprint density at radius 2 is 1.47 bits per heavy atom. The van der Waals surface area contributed by atoms with E-state index in [1.807, 2.05) is 41.2 Å². The van der Waals surface area contributed by atoms with Gasteiger partial charge in [0.2, 0.25) is 0 Å². The molecule has 19 heavy (non-hydrogen) atoms. The fourth-order valence-electron chi connectivity index (χ4n) is 2.01. The molecular formula is C15H13N3S. The van der Waals surface area contributed by atoms with Gasteiger partial charge in [-0.25, -0.2) is 0 Å². The lowest BCUT2D eigenvalue weighted by atomic mass is 10.1. The summed E-state index contributed by atoms with van der Waals surface area (Å²) in [5, 5.41) is 0. The maximum Gasteiger partial charge on any atom is 0.181 e. The van der Waals surface area contributed by atoms with E-state index in [-0.39, 0.29) is 0 Å². The van der Waals surface area contributed by atoms with Gasteiger partial charge >= 0.3 is 0 Å². The second-order valence-corrected chi connectivity index (χ2v) is 4.69. The minimum absolute atomic E-state index is 0.695. The van der Waals surface area contributed by atoms with Crippen LogP contribution < -0.4 is 5.73 Å². The number of nitrogen functional groups attached to an aromatic ring is 1. The van der Waals surface area contributed by atoms with E-state index in [1.54, 1.807) is 0 Å². The Bertz CT molecular complexity index is 736. The Balaban J connectivity index is 1.97. The summed E-state index contributed by atoms with van der Waals surface area (Å²) in [5.74, 6) is 0. The number of imidazole rings is 1. The van der Waals surface area contributed by atoms with Gasteiger partial charge in [-0.3, -0.25) is 4.57 Å². The van der Waals surface area contributed by atoms with E-state index in [2.05, 4.69) is 29.2 Å². The zero-order chi connectivity index (χ0) is 13.2. The molecule has 0 aliphatic heterocycles. The van der Waals surface area contributed by atoms with E-state index < -0.39 is 0 Å². The molecule has 0 amide bonds. The van der Waals surface area contributed by atoms with Crippen molar-refractivity contribution in [2.24, 2.45) is 0 Å². The number of aromatic amines is 1. The number of hydrogen-bond acceptors (Lipinski definition) is 2.